The number of aromatic nitrogens is 2. The lowest BCUT2D eigenvalue weighted by atomic mass is 9.77. The molecule has 7 rings (SSSR count). The quantitative estimate of drug-likeness (QED) is 0.0360. The van der Waals surface area contributed by atoms with Crippen LogP contribution in [0.4, 0.5) is 9.93 Å². The first kappa shape index (κ1) is 51.5. The number of ketones is 1. The normalized spacial score (nSPS) is 21.7. The maximum atomic E-state index is 15.6. The van der Waals surface area contributed by atoms with E-state index in [0.717, 1.165) is 30.8 Å². The van der Waals surface area contributed by atoms with E-state index in [1.54, 1.807) is 31.9 Å². The van der Waals surface area contributed by atoms with E-state index in [1.165, 1.54) is 11.3 Å². The number of likely N-dealkylation sites (tertiary alicyclic amines) is 1. The maximum absolute atomic E-state index is 15.6. The second-order valence-electron chi connectivity index (χ2n) is 20.1. The molecule has 2 saturated carbocycles. The smallest absolute Gasteiger partial charge is 0.497 e. The minimum Gasteiger partial charge on any atom is -0.497 e. The second-order valence-corrected chi connectivity index (χ2v) is 23.8. The molecule has 3 fully saturated rings. The number of rotatable bonds is 21. The summed E-state index contributed by atoms with van der Waals surface area (Å²) in [4.78, 5) is 67.8. The zero-order chi connectivity index (χ0) is 49.7. The molecule has 6 atom stereocenters. The van der Waals surface area contributed by atoms with E-state index in [0.29, 0.717) is 45.8 Å². The van der Waals surface area contributed by atoms with Gasteiger partial charge in [-0.1, -0.05) is 57.2 Å². The van der Waals surface area contributed by atoms with Gasteiger partial charge in [0.15, 0.2) is 10.9 Å². The second kappa shape index (κ2) is 21.8. The lowest BCUT2D eigenvalue weighted by molar-refractivity contribution is -0.156. The summed E-state index contributed by atoms with van der Waals surface area (Å²) < 4.78 is 50.4. The number of pyridine rings is 1. The molecule has 2 aliphatic carbocycles. The van der Waals surface area contributed by atoms with Crippen molar-refractivity contribution in [2.45, 2.75) is 142 Å². The fourth-order valence-electron chi connectivity index (χ4n) is 9.52. The summed E-state index contributed by atoms with van der Waals surface area (Å²) in [5.41, 5.74) is 1.81. The fraction of sp³-hybridized carbons (Fsp3) is 0.538. The summed E-state index contributed by atoms with van der Waals surface area (Å²) in [5, 5.41) is 5.48. The van der Waals surface area contributed by atoms with Crippen molar-refractivity contribution in [2.24, 2.45) is 17.3 Å². The molecule has 1 amide bonds. The molecule has 0 spiro atoms. The number of fused-ring (bicyclic) bond motifs is 1. The van der Waals surface area contributed by atoms with Crippen molar-refractivity contribution in [3.05, 3.63) is 78.2 Å². The summed E-state index contributed by atoms with van der Waals surface area (Å²) in [5.74, 6) is -1.31. The number of Topliss-reactive ketones (excluding diaryl/α,β-unsaturated/α-hetero) is 1. The number of hydrogen-bond donors (Lipinski definition) is 1. The molecule has 3 aliphatic rings. The van der Waals surface area contributed by atoms with Crippen LogP contribution in [0.1, 0.15) is 105 Å². The molecule has 0 radical (unpaired) electrons. The van der Waals surface area contributed by atoms with E-state index >= 15 is 14.2 Å². The van der Waals surface area contributed by atoms with E-state index in [4.69, 9.17) is 38.2 Å². The Balaban J connectivity index is 1.24. The molecule has 1 unspecified atom stereocenters. The van der Waals surface area contributed by atoms with Crippen LogP contribution in [-0.2, 0) is 43.8 Å². The predicted molar refractivity (Wildman–Crippen MR) is 266 cm³/mol. The standard InChI is InChI=1S/C52H67N4O11PS/c1-10-35-26-52(35,68(61,29-34-16-12-11-13-17-34)64-31-63-50(60)65-33(4)5)27-45(57)44-23-38(28-56(44)48(59)40(51(6,7)8)24-47(58)67-36-18-14-15-19-36)66-46-25-42(43-30-69-49(55-43)53-32(2)3)54-41-22-37(62-9)20-21-39(41)46/h10-13,16-17,20-22,25,30,32-33,35-36,38,40,44H,1,14-15,18-19,23-24,26-29,31H2,2-9H3,(H,53,55)/t35-,38-,40-,44+,52-,68?/m1/s1. The van der Waals surface area contributed by atoms with E-state index < -0.39 is 61.0 Å². The van der Waals surface area contributed by atoms with Gasteiger partial charge in [-0.05, 0) is 88.8 Å². The number of thiazole rings is 1. The first-order chi connectivity index (χ1) is 32.8. The number of methoxy groups -OCH3 is 1. The van der Waals surface area contributed by atoms with Crippen LogP contribution >= 0.6 is 18.7 Å². The molecule has 1 aliphatic heterocycles. The number of anilines is 1. The van der Waals surface area contributed by atoms with Gasteiger partial charge in [0.2, 0.25) is 20.1 Å². The molecule has 4 aromatic rings. The Morgan fingerprint density at radius 3 is 2.39 bits per heavy atom. The van der Waals surface area contributed by atoms with Crippen molar-refractivity contribution in [2.75, 3.05) is 25.8 Å². The van der Waals surface area contributed by atoms with E-state index in [-0.39, 0.29) is 61.7 Å². The van der Waals surface area contributed by atoms with Crippen molar-refractivity contribution in [3.63, 3.8) is 0 Å². The highest BCUT2D eigenvalue weighted by molar-refractivity contribution is 7.60. The molecule has 1 N–H and O–H groups in total. The SMILES string of the molecule is C=C[C@@H]1C[C@]1(CC(=O)[C@@H]1C[C@@H](Oc2cc(-c3csc(NC(C)C)n3)nc3cc(OC)ccc23)CN1C(=O)[C@@H](CC(=O)OC1CCCC1)C(C)(C)C)P(=O)(Cc1ccccc1)OCOC(=O)OC(C)C. The molecule has 17 heteroatoms. The highest BCUT2D eigenvalue weighted by Gasteiger charge is 2.66. The van der Waals surface area contributed by atoms with Crippen LogP contribution in [0.5, 0.6) is 11.5 Å². The summed E-state index contributed by atoms with van der Waals surface area (Å²) in [6.45, 7) is 16.6. The molecule has 2 aromatic heterocycles. The van der Waals surface area contributed by atoms with Crippen LogP contribution < -0.4 is 14.8 Å². The Bertz CT molecular complexity index is 2540. The van der Waals surface area contributed by atoms with Gasteiger partial charge in [-0.15, -0.1) is 17.9 Å². The van der Waals surface area contributed by atoms with Gasteiger partial charge in [-0.3, -0.25) is 23.5 Å². The molecule has 69 heavy (non-hydrogen) atoms. The van der Waals surface area contributed by atoms with Crippen LogP contribution in [0, 0.1) is 17.3 Å². The number of amides is 1. The molecule has 1 saturated heterocycles. The molecular formula is C52H67N4O11PS. The number of nitrogens with one attached hydrogen (secondary N) is 1. The average molecular weight is 987 g/mol. The molecule has 15 nitrogen and oxygen atoms in total. The van der Waals surface area contributed by atoms with Gasteiger partial charge >= 0.3 is 12.1 Å². The monoisotopic (exact) mass is 986 g/mol. The lowest BCUT2D eigenvalue weighted by Gasteiger charge is -2.35. The first-order valence-electron chi connectivity index (χ1n) is 24.0. The predicted octanol–water partition coefficient (Wildman–Crippen LogP) is 11.0. The van der Waals surface area contributed by atoms with E-state index in [2.05, 4.69) is 11.9 Å². The minimum atomic E-state index is -3.91. The van der Waals surface area contributed by atoms with Crippen molar-refractivity contribution in [1.29, 1.82) is 0 Å². The summed E-state index contributed by atoms with van der Waals surface area (Å²) in [6.07, 6.45) is 2.92. The number of allylic oxidation sites excluding steroid dienone is 1. The topological polar surface area (TPSA) is 182 Å². The third kappa shape index (κ3) is 12.4. The van der Waals surface area contributed by atoms with Crippen molar-refractivity contribution >= 4 is 58.6 Å². The zero-order valence-corrected chi connectivity index (χ0v) is 42.8. The van der Waals surface area contributed by atoms with Gasteiger partial charge in [-0.25, -0.2) is 14.8 Å². The first-order valence-corrected chi connectivity index (χ1v) is 26.6. The zero-order valence-electron chi connectivity index (χ0n) is 41.1. The Labute approximate surface area is 409 Å². The van der Waals surface area contributed by atoms with Crippen molar-refractivity contribution < 1.29 is 52.0 Å². The molecule has 372 valence electrons. The highest BCUT2D eigenvalue weighted by Crippen LogP contribution is 2.76. The summed E-state index contributed by atoms with van der Waals surface area (Å²) in [6, 6.07) is 15.6. The molecule has 2 aromatic carbocycles. The largest absolute Gasteiger partial charge is 0.510 e. The number of carbonyl (C=O) groups is 4. The number of esters is 1. The summed E-state index contributed by atoms with van der Waals surface area (Å²) >= 11 is 1.46. The van der Waals surface area contributed by atoms with Crippen LogP contribution in [-0.4, -0.2) is 94.7 Å². The van der Waals surface area contributed by atoms with Gasteiger partial charge in [0, 0.05) is 41.8 Å². The third-order valence-corrected chi connectivity index (χ3v) is 17.3. The van der Waals surface area contributed by atoms with Crippen LogP contribution in [0.2, 0.25) is 0 Å². The molecule has 3 heterocycles. The van der Waals surface area contributed by atoms with E-state index in [9.17, 15) is 9.59 Å². The van der Waals surface area contributed by atoms with Crippen LogP contribution in [0.25, 0.3) is 22.3 Å². The van der Waals surface area contributed by atoms with Crippen molar-refractivity contribution in [1.82, 2.24) is 14.9 Å². The third-order valence-electron chi connectivity index (χ3n) is 13.2. The number of ether oxygens (including phenoxy) is 5. The number of carbonyl (C=O) groups excluding carboxylic acids is 4. The number of hydrogen-bond acceptors (Lipinski definition) is 15. The van der Waals surface area contributed by atoms with Gasteiger partial charge < -0.3 is 33.9 Å². The van der Waals surface area contributed by atoms with Gasteiger partial charge in [0.1, 0.15) is 29.4 Å². The Morgan fingerprint density at radius 1 is 1.00 bits per heavy atom. The lowest BCUT2D eigenvalue weighted by Crippen LogP contribution is -2.48. The summed E-state index contributed by atoms with van der Waals surface area (Å²) in [7, 11) is -2.32. The maximum Gasteiger partial charge on any atom is 0.510 e. The Kier molecular flexibility index (Phi) is 16.3. The van der Waals surface area contributed by atoms with Gasteiger partial charge in [0.05, 0.1) is 60.7 Å². The van der Waals surface area contributed by atoms with Crippen molar-refractivity contribution in [3.8, 4) is 22.9 Å². The minimum absolute atomic E-state index is 0.0236. The Morgan fingerprint density at radius 2 is 1.74 bits per heavy atom. The molecule has 0 bridgehead atoms. The van der Waals surface area contributed by atoms with E-state index in [1.807, 2.05) is 94.6 Å². The van der Waals surface area contributed by atoms with Gasteiger partial charge in [-0.2, -0.15) is 0 Å². The van der Waals surface area contributed by atoms with Gasteiger partial charge in [0.25, 0.3) is 0 Å². The van der Waals surface area contributed by atoms with Crippen LogP contribution in [0.3, 0.4) is 0 Å². The molecular weight excluding hydrogens is 920 g/mol. The average Bonchev–Trinajstić information content (AvgIpc) is 3.69. The number of nitrogens with zero attached hydrogens (tertiary/aromatic N) is 3. The van der Waals surface area contributed by atoms with Crippen LogP contribution in [0.15, 0.2) is 72.6 Å². The highest BCUT2D eigenvalue weighted by atomic mass is 32.1. The number of benzene rings is 2. The fourth-order valence-corrected chi connectivity index (χ4v) is 13.4. The Hall–Kier alpha value is -5.31.